The number of non-ortho nitro benzene ring substituents is 1. The van der Waals surface area contributed by atoms with Crippen LogP contribution in [0.5, 0.6) is 0 Å². The van der Waals surface area contributed by atoms with E-state index in [2.05, 4.69) is 5.32 Å². The van der Waals surface area contributed by atoms with Gasteiger partial charge in [-0.3, -0.25) is 14.9 Å². The third-order valence-electron chi connectivity index (χ3n) is 2.73. The van der Waals surface area contributed by atoms with Crippen molar-refractivity contribution in [2.75, 3.05) is 6.54 Å². The van der Waals surface area contributed by atoms with Gasteiger partial charge < -0.3 is 9.88 Å². The van der Waals surface area contributed by atoms with Crippen LogP contribution in [0.4, 0.5) is 5.69 Å². The minimum atomic E-state index is -0.556. The molecule has 0 aliphatic heterocycles. The molecule has 0 spiro atoms. The molecule has 2 aromatic rings. The Bertz CT molecular complexity index is 626. The summed E-state index contributed by atoms with van der Waals surface area (Å²) in [5.74, 6) is -0.350. The lowest BCUT2D eigenvalue weighted by Crippen LogP contribution is -2.27. The van der Waals surface area contributed by atoms with E-state index in [1.54, 1.807) is 0 Å². The Morgan fingerprint density at radius 1 is 1.35 bits per heavy atom. The Labute approximate surface area is 120 Å². The zero-order valence-electron chi connectivity index (χ0n) is 10.5. The summed E-state index contributed by atoms with van der Waals surface area (Å²) in [7, 11) is 0. The maximum Gasteiger partial charge on any atom is 0.270 e. The van der Waals surface area contributed by atoms with Crippen LogP contribution in [0.15, 0.2) is 42.7 Å². The van der Waals surface area contributed by atoms with E-state index in [1.807, 2.05) is 29.1 Å². The first-order valence-electron chi connectivity index (χ1n) is 5.91. The third kappa shape index (κ3) is 3.36. The molecule has 1 N–H and O–H groups in total. The first kappa shape index (κ1) is 14.1. The molecule has 0 bridgehead atoms. The number of carbonyl (C=O) groups is 1. The minimum absolute atomic E-state index is 0.0673. The van der Waals surface area contributed by atoms with E-state index in [-0.39, 0.29) is 22.2 Å². The highest BCUT2D eigenvalue weighted by atomic mass is 35.5. The molecule has 7 heteroatoms. The largest absolute Gasteiger partial charge is 0.353 e. The predicted molar refractivity (Wildman–Crippen MR) is 74.9 cm³/mol. The number of nitro benzene ring substituents is 1. The molecule has 1 amide bonds. The number of nitrogens with one attached hydrogen (secondary N) is 1. The van der Waals surface area contributed by atoms with Gasteiger partial charge in [0.2, 0.25) is 0 Å². The minimum Gasteiger partial charge on any atom is -0.353 e. The lowest BCUT2D eigenvalue weighted by molar-refractivity contribution is -0.384. The first-order chi connectivity index (χ1) is 9.58. The highest BCUT2D eigenvalue weighted by Gasteiger charge is 2.14. The number of halogens is 1. The van der Waals surface area contributed by atoms with Gasteiger partial charge in [-0.25, -0.2) is 0 Å². The zero-order valence-corrected chi connectivity index (χ0v) is 11.2. The molecule has 0 radical (unpaired) electrons. The number of carbonyl (C=O) groups excluding carboxylic acids is 1. The molecule has 0 saturated heterocycles. The van der Waals surface area contributed by atoms with Crippen LogP contribution < -0.4 is 5.32 Å². The molecule has 0 unspecified atom stereocenters. The summed E-state index contributed by atoms with van der Waals surface area (Å²) in [4.78, 5) is 21.9. The second kappa shape index (κ2) is 6.21. The van der Waals surface area contributed by atoms with Gasteiger partial charge in [-0.05, 0) is 18.2 Å². The van der Waals surface area contributed by atoms with Crippen molar-refractivity contribution >= 4 is 23.2 Å². The molecule has 104 valence electrons. The molecule has 1 aromatic carbocycles. The van der Waals surface area contributed by atoms with Gasteiger partial charge in [-0.15, -0.1) is 0 Å². The molecule has 1 heterocycles. The van der Waals surface area contributed by atoms with E-state index in [0.717, 1.165) is 0 Å². The molecular weight excluding hydrogens is 282 g/mol. The normalized spacial score (nSPS) is 10.2. The van der Waals surface area contributed by atoms with Crippen molar-refractivity contribution in [3.8, 4) is 0 Å². The maximum atomic E-state index is 11.9. The molecular formula is C13H12ClN3O3. The zero-order chi connectivity index (χ0) is 14.5. The number of benzene rings is 1. The van der Waals surface area contributed by atoms with Gasteiger partial charge in [0, 0.05) is 37.6 Å². The van der Waals surface area contributed by atoms with E-state index >= 15 is 0 Å². The highest BCUT2D eigenvalue weighted by molar-refractivity contribution is 6.34. The third-order valence-corrected chi connectivity index (χ3v) is 3.04. The standard InChI is InChI=1S/C13H12ClN3O3/c14-12-9-10(17(19)20)3-4-11(12)13(18)15-5-8-16-6-1-2-7-16/h1-4,6-7,9H,5,8H2,(H,15,18). The molecule has 0 saturated carbocycles. The Morgan fingerprint density at radius 3 is 2.65 bits per heavy atom. The summed E-state index contributed by atoms with van der Waals surface area (Å²) in [6.07, 6.45) is 3.79. The Kier molecular flexibility index (Phi) is 4.37. The van der Waals surface area contributed by atoms with Crippen LogP contribution in [0, 0.1) is 10.1 Å². The quantitative estimate of drug-likeness (QED) is 0.679. The summed E-state index contributed by atoms with van der Waals surface area (Å²) < 4.78 is 1.93. The van der Waals surface area contributed by atoms with Crippen molar-refractivity contribution in [2.45, 2.75) is 6.54 Å². The Hall–Kier alpha value is -2.34. The van der Waals surface area contributed by atoms with Gasteiger partial charge >= 0.3 is 0 Å². The van der Waals surface area contributed by atoms with Crippen LogP contribution in [-0.4, -0.2) is 21.9 Å². The van der Waals surface area contributed by atoms with Crippen LogP contribution in [0.3, 0.4) is 0 Å². The molecule has 1 aromatic heterocycles. The van der Waals surface area contributed by atoms with Crippen LogP contribution in [0.2, 0.25) is 5.02 Å². The fourth-order valence-electron chi connectivity index (χ4n) is 1.71. The maximum absolute atomic E-state index is 11.9. The monoisotopic (exact) mass is 293 g/mol. The van der Waals surface area contributed by atoms with Crippen LogP contribution >= 0.6 is 11.6 Å². The average Bonchev–Trinajstić information content (AvgIpc) is 2.91. The lowest BCUT2D eigenvalue weighted by atomic mass is 10.2. The molecule has 0 fully saturated rings. The van der Waals surface area contributed by atoms with Gasteiger partial charge in [0.1, 0.15) is 0 Å². The van der Waals surface area contributed by atoms with Crippen LogP contribution in [0.25, 0.3) is 0 Å². The number of amides is 1. The second-order valence-corrected chi connectivity index (χ2v) is 4.51. The fourth-order valence-corrected chi connectivity index (χ4v) is 1.98. The van der Waals surface area contributed by atoms with Crippen molar-refractivity contribution in [3.05, 3.63) is 63.4 Å². The van der Waals surface area contributed by atoms with Crippen molar-refractivity contribution in [1.82, 2.24) is 9.88 Å². The number of aromatic nitrogens is 1. The van der Waals surface area contributed by atoms with Gasteiger partial charge in [-0.1, -0.05) is 11.6 Å². The van der Waals surface area contributed by atoms with E-state index in [9.17, 15) is 14.9 Å². The summed E-state index contributed by atoms with van der Waals surface area (Å²) in [5, 5.41) is 13.4. The summed E-state index contributed by atoms with van der Waals surface area (Å²) in [6.45, 7) is 1.09. The van der Waals surface area contributed by atoms with Crippen molar-refractivity contribution in [1.29, 1.82) is 0 Å². The van der Waals surface area contributed by atoms with E-state index in [4.69, 9.17) is 11.6 Å². The highest BCUT2D eigenvalue weighted by Crippen LogP contribution is 2.22. The van der Waals surface area contributed by atoms with Crippen LogP contribution in [-0.2, 0) is 6.54 Å². The molecule has 0 aliphatic rings. The van der Waals surface area contributed by atoms with Crippen molar-refractivity contribution in [2.24, 2.45) is 0 Å². The van der Waals surface area contributed by atoms with Crippen molar-refractivity contribution < 1.29 is 9.72 Å². The van der Waals surface area contributed by atoms with E-state index in [1.165, 1.54) is 18.2 Å². The SMILES string of the molecule is O=C(NCCn1cccc1)c1ccc([N+](=O)[O-])cc1Cl. The van der Waals surface area contributed by atoms with Gasteiger partial charge in [0.05, 0.1) is 15.5 Å². The summed E-state index contributed by atoms with van der Waals surface area (Å²) >= 11 is 5.88. The average molecular weight is 294 g/mol. The molecule has 6 nitrogen and oxygen atoms in total. The van der Waals surface area contributed by atoms with Gasteiger partial charge in [-0.2, -0.15) is 0 Å². The van der Waals surface area contributed by atoms with E-state index in [0.29, 0.717) is 13.1 Å². The van der Waals surface area contributed by atoms with Gasteiger partial charge in [0.25, 0.3) is 11.6 Å². The summed E-state index contributed by atoms with van der Waals surface area (Å²) in [6, 6.07) is 7.57. The lowest BCUT2D eigenvalue weighted by Gasteiger charge is -2.07. The summed E-state index contributed by atoms with van der Waals surface area (Å²) in [5.41, 5.74) is 0.0867. The molecule has 2 rings (SSSR count). The topological polar surface area (TPSA) is 77.2 Å². The smallest absolute Gasteiger partial charge is 0.270 e. The van der Waals surface area contributed by atoms with Gasteiger partial charge in [0.15, 0.2) is 0 Å². The number of nitrogens with zero attached hydrogens (tertiary/aromatic N) is 2. The predicted octanol–water partition coefficient (Wildman–Crippen LogP) is 2.48. The Balaban J connectivity index is 1.97. The van der Waals surface area contributed by atoms with E-state index < -0.39 is 4.92 Å². The number of rotatable bonds is 5. The number of hydrogen-bond donors (Lipinski definition) is 1. The number of nitro groups is 1. The molecule has 0 atom stereocenters. The fraction of sp³-hybridized carbons (Fsp3) is 0.154. The first-order valence-corrected chi connectivity index (χ1v) is 6.28. The van der Waals surface area contributed by atoms with Crippen molar-refractivity contribution in [3.63, 3.8) is 0 Å². The Morgan fingerprint density at radius 2 is 2.05 bits per heavy atom. The van der Waals surface area contributed by atoms with Crippen LogP contribution in [0.1, 0.15) is 10.4 Å². The molecule has 0 aliphatic carbocycles. The second-order valence-electron chi connectivity index (χ2n) is 4.10. The molecule has 20 heavy (non-hydrogen) atoms. The number of hydrogen-bond acceptors (Lipinski definition) is 3.